The number of aryl methyl sites for hydroxylation is 1. The average Bonchev–Trinajstić information content (AvgIpc) is 3.24. The van der Waals surface area contributed by atoms with E-state index < -0.39 is 12.1 Å². The third-order valence-electron chi connectivity index (χ3n) is 6.22. The first-order valence-electron chi connectivity index (χ1n) is 10.2. The zero-order valence-corrected chi connectivity index (χ0v) is 16.7. The quantitative estimate of drug-likeness (QED) is 0.748. The number of amides is 1. The molecule has 1 aliphatic carbocycles. The fourth-order valence-corrected chi connectivity index (χ4v) is 4.88. The second kappa shape index (κ2) is 8.87. The first kappa shape index (κ1) is 19.9. The third kappa shape index (κ3) is 4.52. The summed E-state index contributed by atoms with van der Waals surface area (Å²) in [4.78, 5) is 27.5. The van der Waals surface area contributed by atoms with Crippen molar-refractivity contribution in [3.63, 3.8) is 0 Å². The number of carbonyl (C=O) groups is 2. The maximum atomic E-state index is 13.1. The second-order valence-corrected chi connectivity index (χ2v) is 8.08. The van der Waals surface area contributed by atoms with Crippen molar-refractivity contribution in [2.45, 2.75) is 76.5 Å². The highest BCUT2D eigenvalue weighted by atomic mass is 16.5. The standard InChI is InChI=1S/C22H32N2O3/c1-15-14-18-10-7-11-20(18)24(15)21(25)16(2)23-19(22(26)27-3)13-12-17-8-5-4-6-9-17/h4-6,8-9,15-16,18-20,23H,7,10-14H2,1-3H3/t15-,16+,18+,19+,20+/m1/s1. The van der Waals surface area contributed by atoms with E-state index in [2.05, 4.69) is 29.3 Å². The second-order valence-electron chi connectivity index (χ2n) is 8.08. The van der Waals surface area contributed by atoms with Gasteiger partial charge in [-0.2, -0.15) is 0 Å². The number of nitrogens with zero attached hydrogens (tertiary/aromatic N) is 1. The van der Waals surface area contributed by atoms with Gasteiger partial charge in [-0.1, -0.05) is 36.8 Å². The van der Waals surface area contributed by atoms with Crippen LogP contribution in [-0.4, -0.2) is 48.1 Å². The number of likely N-dealkylation sites (tertiary alicyclic amines) is 1. The molecule has 1 N–H and O–H groups in total. The van der Waals surface area contributed by atoms with Crippen LogP contribution in [0.4, 0.5) is 0 Å². The highest BCUT2D eigenvalue weighted by Gasteiger charge is 2.45. The van der Waals surface area contributed by atoms with Crippen molar-refractivity contribution in [3.8, 4) is 0 Å². The van der Waals surface area contributed by atoms with Crippen molar-refractivity contribution in [2.24, 2.45) is 5.92 Å². The molecule has 1 heterocycles. The van der Waals surface area contributed by atoms with E-state index in [0.29, 0.717) is 18.4 Å². The molecule has 1 aromatic rings. The van der Waals surface area contributed by atoms with Crippen molar-refractivity contribution < 1.29 is 14.3 Å². The van der Waals surface area contributed by atoms with Gasteiger partial charge in [0.1, 0.15) is 6.04 Å². The van der Waals surface area contributed by atoms with Gasteiger partial charge in [0.05, 0.1) is 13.2 Å². The largest absolute Gasteiger partial charge is 0.468 e. The molecule has 1 saturated carbocycles. The summed E-state index contributed by atoms with van der Waals surface area (Å²) in [7, 11) is 1.40. The van der Waals surface area contributed by atoms with E-state index in [-0.39, 0.29) is 17.9 Å². The molecular weight excluding hydrogens is 340 g/mol. The van der Waals surface area contributed by atoms with E-state index in [1.807, 2.05) is 25.1 Å². The first-order valence-corrected chi connectivity index (χ1v) is 10.2. The topological polar surface area (TPSA) is 58.6 Å². The smallest absolute Gasteiger partial charge is 0.322 e. The number of benzene rings is 1. The van der Waals surface area contributed by atoms with E-state index in [1.54, 1.807) is 0 Å². The van der Waals surface area contributed by atoms with E-state index in [0.717, 1.165) is 19.3 Å². The molecule has 1 aliphatic heterocycles. The Bertz CT molecular complexity index is 648. The molecule has 3 rings (SSSR count). The number of nitrogens with one attached hydrogen (secondary N) is 1. The van der Waals surface area contributed by atoms with Gasteiger partial charge in [0.25, 0.3) is 0 Å². The lowest BCUT2D eigenvalue weighted by molar-refractivity contribution is -0.144. The lowest BCUT2D eigenvalue weighted by atomic mass is 10.0. The van der Waals surface area contributed by atoms with Crippen LogP contribution >= 0.6 is 0 Å². The van der Waals surface area contributed by atoms with Gasteiger partial charge in [-0.3, -0.25) is 14.9 Å². The normalized spacial score (nSPS) is 26.5. The van der Waals surface area contributed by atoms with E-state index >= 15 is 0 Å². The van der Waals surface area contributed by atoms with Crippen molar-refractivity contribution in [1.29, 1.82) is 0 Å². The molecule has 0 bridgehead atoms. The van der Waals surface area contributed by atoms with Crippen LogP contribution in [0.15, 0.2) is 30.3 Å². The molecule has 5 nitrogen and oxygen atoms in total. The van der Waals surface area contributed by atoms with Crippen LogP contribution in [0, 0.1) is 5.92 Å². The molecule has 148 valence electrons. The number of hydrogen-bond donors (Lipinski definition) is 1. The van der Waals surface area contributed by atoms with Crippen LogP contribution in [0.25, 0.3) is 0 Å². The number of rotatable bonds is 7. The lowest BCUT2D eigenvalue weighted by Gasteiger charge is -2.32. The van der Waals surface area contributed by atoms with Crippen molar-refractivity contribution >= 4 is 11.9 Å². The fourth-order valence-electron chi connectivity index (χ4n) is 4.88. The highest BCUT2D eigenvalue weighted by molar-refractivity contribution is 5.84. The molecule has 1 amide bonds. The monoisotopic (exact) mass is 372 g/mol. The Labute approximate surface area is 162 Å². The number of carbonyl (C=O) groups excluding carboxylic acids is 2. The molecular formula is C22H32N2O3. The zero-order valence-electron chi connectivity index (χ0n) is 16.7. The molecule has 2 aliphatic rings. The molecule has 0 spiro atoms. The molecule has 0 unspecified atom stereocenters. The summed E-state index contributed by atoms with van der Waals surface area (Å²) in [6.07, 6.45) is 6.05. The molecule has 27 heavy (non-hydrogen) atoms. The van der Waals surface area contributed by atoms with Gasteiger partial charge in [0, 0.05) is 12.1 Å². The summed E-state index contributed by atoms with van der Waals surface area (Å²) < 4.78 is 4.97. The number of hydrogen-bond acceptors (Lipinski definition) is 4. The van der Waals surface area contributed by atoms with Crippen LogP contribution in [0.2, 0.25) is 0 Å². The zero-order chi connectivity index (χ0) is 19.4. The average molecular weight is 373 g/mol. The fraction of sp³-hybridized carbons (Fsp3) is 0.636. The maximum absolute atomic E-state index is 13.1. The van der Waals surface area contributed by atoms with Crippen LogP contribution in [-0.2, 0) is 20.7 Å². The summed E-state index contributed by atoms with van der Waals surface area (Å²) in [5, 5.41) is 3.25. The van der Waals surface area contributed by atoms with E-state index in [9.17, 15) is 9.59 Å². The van der Waals surface area contributed by atoms with Gasteiger partial charge in [-0.05, 0) is 57.4 Å². The highest BCUT2D eigenvalue weighted by Crippen LogP contribution is 2.41. The molecule has 0 aromatic heterocycles. The van der Waals surface area contributed by atoms with E-state index in [4.69, 9.17) is 4.74 Å². The molecule has 5 atom stereocenters. The van der Waals surface area contributed by atoms with Crippen molar-refractivity contribution in [1.82, 2.24) is 10.2 Å². The van der Waals surface area contributed by atoms with Crippen LogP contribution < -0.4 is 5.32 Å². The Kier molecular flexibility index (Phi) is 6.53. The summed E-state index contributed by atoms with van der Waals surface area (Å²) >= 11 is 0. The van der Waals surface area contributed by atoms with Crippen LogP contribution in [0.3, 0.4) is 0 Å². The number of fused-ring (bicyclic) bond motifs is 1. The molecule has 1 aromatic carbocycles. The summed E-state index contributed by atoms with van der Waals surface area (Å²) in [5.74, 6) is 0.468. The third-order valence-corrected chi connectivity index (χ3v) is 6.22. The summed E-state index contributed by atoms with van der Waals surface area (Å²) in [6, 6.07) is 9.87. The molecule has 1 saturated heterocycles. The molecule has 0 radical (unpaired) electrons. The number of methoxy groups -OCH3 is 1. The van der Waals surface area contributed by atoms with Gasteiger partial charge in [0.2, 0.25) is 5.91 Å². The Hall–Kier alpha value is -1.88. The van der Waals surface area contributed by atoms with E-state index in [1.165, 1.54) is 25.5 Å². The number of esters is 1. The Balaban J connectivity index is 1.62. The van der Waals surface area contributed by atoms with Crippen LogP contribution in [0.1, 0.15) is 51.5 Å². The summed E-state index contributed by atoms with van der Waals surface area (Å²) in [5.41, 5.74) is 1.18. The molecule has 2 fully saturated rings. The van der Waals surface area contributed by atoms with Gasteiger partial charge in [-0.25, -0.2) is 0 Å². The Morgan fingerprint density at radius 1 is 1.26 bits per heavy atom. The van der Waals surface area contributed by atoms with Gasteiger partial charge in [-0.15, -0.1) is 0 Å². The maximum Gasteiger partial charge on any atom is 0.322 e. The SMILES string of the molecule is COC(=O)[C@H](CCc1ccccc1)N[C@@H](C)C(=O)N1[C@H](C)C[C@@H]2CCC[C@@H]21. The first-order chi connectivity index (χ1) is 13.0. The Morgan fingerprint density at radius 3 is 2.70 bits per heavy atom. The predicted octanol–water partition coefficient (Wildman–Crippen LogP) is 2.93. The lowest BCUT2D eigenvalue weighted by Crippen LogP contribution is -2.53. The Morgan fingerprint density at radius 2 is 2.00 bits per heavy atom. The van der Waals surface area contributed by atoms with Gasteiger partial charge in [0.15, 0.2) is 0 Å². The predicted molar refractivity (Wildman–Crippen MR) is 105 cm³/mol. The van der Waals surface area contributed by atoms with Gasteiger partial charge >= 0.3 is 5.97 Å². The minimum Gasteiger partial charge on any atom is -0.468 e. The van der Waals surface area contributed by atoms with Crippen LogP contribution in [0.5, 0.6) is 0 Å². The number of ether oxygens (including phenoxy) is 1. The minimum atomic E-state index is -0.480. The van der Waals surface area contributed by atoms with Crippen molar-refractivity contribution in [2.75, 3.05) is 7.11 Å². The van der Waals surface area contributed by atoms with Gasteiger partial charge < -0.3 is 9.64 Å². The molecule has 5 heteroatoms. The summed E-state index contributed by atoms with van der Waals surface area (Å²) in [6.45, 7) is 4.02. The van der Waals surface area contributed by atoms with Crippen molar-refractivity contribution in [3.05, 3.63) is 35.9 Å². The minimum absolute atomic E-state index is 0.116.